The Morgan fingerprint density at radius 3 is 2.74 bits per heavy atom. The monoisotopic (exact) mass is 403 g/mol. The first-order chi connectivity index (χ1) is 9.11. The van der Waals surface area contributed by atoms with Crippen molar-refractivity contribution in [3.05, 3.63) is 49.0 Å². The topological polar surface area (TPSA) is 35.2 Å². The first-order valence-electron chi connectivity index (χ1n) is 6.05. The Balaban J connectivity index is 2.23. The molecule has 5 heteroatoms. The van der Waals surface area contributed by atoms with Crippen LogP contribution in [-0.4, -0.2) is 6.61 Å². The van der Waals surface area contributed by atoms with Crippen LogP contribution in [-0.2, 0) is 0 Å². The zero-order chi connectivity index (χ0) is 13.8. The summed E-state index contributed by atoms with van der Waals surface area (Å²) in [6.45, 7) is 2.82. The molecule has 1 heterocycles. The van der Waals surface area contributed by atoms with Crippen LogP contribution in [0.2, 0.25) is 0 Å². The van der Waals surface area contributed by atoms with Crippen LogP contribution in [0.25, 0.3) is 0 Å². The Morgan fingerprint density at radius 1 is 1.32 bits per heavy atom. The standard InChI is InChI=1S/C14H15Br2NOS/c1-2-6-18-10-5-3-4-9(7-10)13(17)11-8-12(15)19-14(11)16/h3-5,7-8,13H,2,6,17H2,1H3. The minimum Gasteiger partial charge on any atom is -0.494 e. The number of hydrogen-bond donors (Lipinski definition) is 1. The molecule has 0 aliphatic heterocycles. The first-order valence-corrected chi connectivity index (χ1v) is 8.45. The van der Waals surface area contributed by atoms with Gasteiger partial charge in [-0.2, -0.15) is 0 Å². The van der Waals surface area contributed by atoms with Gasteiger partial charge in [0, 0.05) is 0 Å². The number of ether oxygens (including phenoxy) is 1. The molecule has 0 spiro atoms. The molecule has 2 nitrogen and oxygen atoms in total. The van der Waals surface area contributed by atoms with Gasteiger partial charge in [0.1, 0.15) is 5.75 Å². The van der Waals surface area contributed by atoms with E-state index in [0.717, 1.165) is 37.5 Å². The van der Waals surface area contributed by atoms with Crippen molar-refractivity contribution in [2.24, 2.45) is 5.73 Å². The largest absolute Gasteiger partial charge is 0.494 e. The van der Waals surface area contributed by atoms with Crippen molar-refractivity contribution in [3.63, 3.8) is 0 Å². The Bertz CT molecular complexity index is 556. The van der Waals surface area contributed by atoms with Gasteiger partial charge in [-0.1, -0.05) is 19.1 Å². The lowest BCUT2D eigenvalue weighted by molar-refractivity contribution is 0.317. The van der Waals surface area contributed by atoms with E-state index in [0.29, 0.717) is 0 Å². The summed E-state index contributed by atoms with van der Waals surface area (Å²) in [5.41, 5.74) is 8.47. The van der Waals surface area contributed by atoms with Crippen molar-refractivity contribution in [3.8, 4) is 5.75 Å². The second kappa shape index (κ2) is 6.88. The molecule has 2 rings (SSSR count). The van der Waals surface area contributed by atoms with Gasteiger partial charge in [-0.05, 0) is 67.6 Å². The number of benzene rings is 1. The van der Waals surface area contributed by atoms with Crippen molar-refractivity contribution >= 4 is 43.2 Å². The van der Waals surface area contributed by atoms with Crippen LogP contribution in [0.5, 0.6) is 5.75 Å². The Labute approximate surface area is 134 Å². The van der Waals surface area contributed by atoms with Crippen LogP contribution < -0.4 is 10.5 Å². The van der Waals surface area contributed by atoms with Gasteiger partial charge in [0.05, 0.1) is 20.2 Å². The zero-order valence-electron chi connectivity index (χ0n) is 10.5. The molecule has 19 heavy (non-hydrogen) atoms. The second-order valence-corrected chi connectivity index (χ2v) is 7.93. The molecule has 1 unspecified atom stereocenters. The number of rotatable bonds is 5. The molecule has 1 atom stereocenters. The van der Waals surface area contributed by atoms with Crippen molar-refractivity contribution in [1.82, 2.24) is 0 Å². The molecule has 2 N–H and O–H groups in total. The summed E-state index contributed by atoms with van der Waals surface area (Å²) in [5.74, 6) is 0.875. The minimum atomic E-state index is -0.151. The van der Waals surface area contributed by atoms with E-state index >= 15 is 0 Å². The zero-order valence-corrected chi connectivity index (χ0v) is 14.5. The molecule has 0 aliphatic carbocycles. The molecule has 0 amide bonds. The number of thiophene rings is 1. The van der Waals surface area contributed by atoms with Gasteiger partial charge < -0.3 is 10.5 Å². The van der Waals surface area contributed by atoms with Gasteiger partial charge in [-0.15, -0.1) is 11.3 Å². The molecular weight excluding hydrogens is 390 g/mol. The van der Waals surface area contributed by atoms with Crippen molar-refractivity contribution in [1.29, 1.82) is 0 Å². The molecule has 0 radical (unpaired) electrons. The van der Waals surface area contributed by atoms with E-state index < -0.39 is 0 Å². The summed E-state index contributed by atoms with van der Waals surface area (Å²) in [7, 11) is 0. The highest BCUT2D eigenvalue weighted by Gasteiger charge is 2.15. The van der Waals surface area contributed by atoms with Crippen LogP contribution in [0, 0.1) is 0 Å². The Kier molecular flexibility index (Phi) is 5.45. The molecule has 1 aromatic heterocycles. The van der Waals surface area contributed by atoms with Crippen molar-refractivity contribution in [2.45, 2.75) is 19.4 Å². The average Bonchev–Trinajstić information content (AvgIpc) is 2.75. The maximum atomic E-state index is 6.33. The van der Waals surface area contributed by atoms with E-state index in [4.69, 9.17) is 10.5 Å². The van der Waals surface area contributed by atoms with E-state index in [1.54, 1.807) is 11.3 Å². The highest BCUT2D eigenvalue weighted by molar-refractivity contribution is 9.12. The average molecular weight is 405 g/mol. The van der Waals surface area contributed by atoms with E-state index in [-0.39, 0.29) is 6.04 Å². The summed E-state index contributed by atoms with van der Waals surface area (Å²) in [6, 6.07) is 9.89. The van der Waals surface area contributed by atoms with Gasteiger partial charge in [0.25, 0.3) is 0 Å². The van der Waals surface area contributed by atoms with Gasteiger partial charge in [-0.3, -0.25) is 0 Å². The third-order valence-corrected chi connectivity index (χ3v) is 5.09. The van der Waals surface area contributed by atoms with Crippen LogP contribution in [0.1, 0.15) is 30.5 Å². The minimum absolute atomic E-state index is 0.151. The number of halogens is 2. The number of nitrogens with two attached hydrogens (primary N) is 1. The molecule has 1 aromatic carbocycles. The fourth-order valence-electron chi connectivity index (χ4n) is 1.76. The molecule has 102 valence electrons. The summed E-state index contributed by atoms with van der Waals surface area (Å²) in [5, 5.41) is 0. The molecular formula is C14H15Br2NOS. The fraction of sp³-hybridized carbons (Fsp3) is 0.286. The van der Waals surface area contributed by atoms with Gasteiger partial charge in [0.2, 0.25) is 0 Å². The third-order valence-electron chi connectivity index (χ3n) is 2.71. The molecule has 2 aromatic rings. The first kappa shape index (κ1) is 15.0. The van der Waals surface area contributed by atoms with Crippen molar-refractivity contribution < 1.29 is 4.74 Å². The van der Waals surface area contributed by atoms with E-state index in [2.05, 4.69) is 44.8 Å². The molecule has 0 saturated carbocycles. The maximum Gasteiger partial charge on any atom is 0.119 e. The molecule has 0 bridgehead atoms. The summed E-state index contributed by atoms with van der Waals surface area (Å²) in [6.07, 6.45) is 0.999. The summed E-state index contributed by atoms with van der Waals surface area (Å²) < 4.78 is 7.78. The molecule has 0 saturated heterocycles. The predicted octanol–water partition coefficient (Wildman–Crippen LogP) is 5.11. The number of hydrogen-bond acceptors (Lipinski definition) is 3. The van der Waals surface area contributed by atoms with Gasteiger partial charge in [0.15, 0.2) is 0 Å². The Hall–Kier alpha value is -0.360. The summed E-state index contributed by atoms with van der Waals surface area (Å²) >= 11 is 8.67. The van der Waals surface area contributed by atoms with Crippen LogP contribution in [0.4, 0.5) is 0 Å². The summed E-state index contributed by atoms with van der Waals surface area (Å²) in [4.78, 5) is 0. The van der Waals surface area contributed by atoms with Crippen LogP contribution in [0.15, 0.2) is 37.9 Å². The highest BCUT2D eigenvalue weighted by Crippen LogP contribution is 2.37. The quantitative estimate of drug-likeness (QED) is 0.751. The highest BCUT2D eigenvalue weighted by atomic mass is 79.9. The predicted molar refractivity (Wildman–Crippen MR) is 88.0 cm³/mol. The lowest BCUT2D eigenvalue weighted by Crippen LogP contribution is -2.11. The van der Waals surface area contributed by atoms with Crippen molar-refractivity contribution in [2.75, 3.05) is 6.61 Å². The molecule has 0 fully saturated rings. The maximum absolute atomic E-state index is 6.33. The van der Waals surface area contributed by atoms with E-state index in [1.165, 1.54) is 0 Å². The third kappa shape index (κ3) is 3.81. The lowest BCUT2D eigenvalue weighted by Gasteiger charge is -2.13. The second-order valence-electron chi connectivity index (χ2n) is 4.18. The lowest BCUT2D eigenvalue weighted by atomic mass is 10.0. The smallest absolute Gasteiger partial charge is 0.119 e. The van der Waals surface area contributed by atoms with E-state index in [1.807, 2.05) is 24.3 Å². The Morgan fingerprint density at radius 2 is 2.11 bits per heavy atom. The SMILES string of the molecule is CCCOc1cccc(C(N)c2cc(Br)sc2Br)c1. The normalized spacial score (nSPS) is 12.4. The van der Waals surface area contributed by atoms with E-state index in [9.17, 15) is 0 Å². The van der Waals surface area contributed by atoms with Crippen LogP contribution >= 0.6 is 43.2 Å². The fourth-order valence-corrected chi connectivity index (χ4v) is 4.69. The van der Waals surface area contributed by atoms with Gasteiger partial charge >= 0.3 is 0 Å². The van der Waals surface area contributed by atoms with Gasteiger partial charge in [-0.25, -0.2) is 0 Å². The van der Waals surface area contributed by atoms with Crippen LogP contribution in [0.3, 0.4) is 0 Å². The molecule has 0 aliphatic rings.